The first-order chi connectivity index (χ1) is 13.1. The number of ether oxygens (including phenoxy) is 1. The van der Waals surface area contributed by atoms with E-state index in [1.165, 1.54) is 11.0 Å². The van der Waals surface area contributed by atoms with Crippen molar-refractivity contribution < 1.29 is 23.5 Å². The average Bonchev–Trinajstić information content (AvgIpc) is 2.66. The Morgan fingerprint density at radius 2 is 1.79 bits per heavy atom. The van der Waals surface area contributed by atoms with Crippen LogP contribution in [0.5, 0.6) is 0 Å². The van der Waals surface area contributed by atoms with Gasteiger partial charge in [-0.15, -0.1) is 0 Å². The molecular formula is C21H29FN2O4. The van der Waals surface area contributed by atoms with Crippen LogP contribution in [-0.2, 0) is 25.7 Å². The van der Waals surface area contributed by atoms with Crippen LogP contribution in [0.15, 0.2) is 24.3 Å². The van der Waals surface area contributed by atoms with Gasteiger partial charge in [0.25, 0.3) is 5.91 Å². The minimum absolute atomic E-state index is 0.0734. The van der Waals surface area contributed by atoms with Crippen molar-refractivity contribution in [1.29, 1.82) is 0 Å². The number of halogens is 1. The number of carbonyl (C=O) groups is 3. The highest BCUT2D eigenvalue weighted by atomic mass is 19.1. The lowest BCUT2D eigenvalue weighted by atomic mass is 9.91. The van der Waals surface area contributed by atoms with Gasteiger partial charge in [-0.1, -0.05) is 39.0 Å². The number of likely N-dealkylation sites (N-methyl/N-ethyl adjacent to an activating group) is 1. The normalized spacial score (nSPS) is 15.2. The van der Waals surface area contributed by atoms with Crippen LogP contribution in [0.25, 0.3) is 0 Å². The predicted octanol–water partition coefficient (Wildman–Crippen LogP) is 2.61. The van der Waals surface area contributed by atoms with Crippen molar-refractivity contribution >= 4 is 17.8 Å². The molecule has 154 valence electrons. The molecule has 0 radical (unpaired) electrons. The van der Waals surface area contributed by atoms with Crippen molar-refractivity contribution in [2.75, 3.05) is 26.7 Å². The van der Waals surface area contributed by atoms with Gasteiger partial charge in [-0.05, 0) is 18.9 Å². The summed E-state index contributed by atoms with van der Waals surface area (Å²) in [5, 5.41) is 0. The molecule has 1 aromatic rings. The molecule has 1 saturated heterocycles. The monoisotopic (exact) mass is 392 g/mol. The number of piperidine rings is 1. The van der Waals surface area contributed by atoms with Crippen molar-refractivity contribution in [3.8, 4) is 0 Å². The van der Waals surface area contributed by atoms with Gasteiger partial charge in [-0.2, -0.15) is 0 Å². The Kier molecular flexibility index (Phi) is 7.16. The van der Waals surface area contributed by atoms with Gasteiger partial charge in [0.05, 0.1) is 5.92 Å². The highest BCUT2D eigenvalue weighted by Crippen LogP contribution is 2.24. The number of hydrogen-bond acceptors (Lipinski definition) is 4. The molecule has 0 unspecified atom stereocenters. The van der Waals surface area contributed by atoms with E-state index in [-0.39, 0.29) is 30.8 Å². The summed E-state index contributed by atoms with van der Waals surface area (Å²) in [5.74, 6) is -1.43. The summed E-state index contributed by atoms with van der Waals surface area (Å²) < 4.78 is 18.8. The number of hydrogen-bond donors (Lipinski definition) is 0. The highest BCUT2D eigenvalue weighted by Gasteiger charge is 2.33. The van der Waals surface area contributed by atoms with E-state index < -0.39 is 17.3 Å². The molecule has 1 aromatic carbocycles. The Morgan fingerprint density at radius 3 is 2.36 bits per heavy atom. The third-order valence-corrected chi connectivity index (χ3v) is 4.89. The van der Waals surface area contributed by atoms with Gasteiger partial charge >= 0.3 is 5.97 Å². The summed E-state index contributed by atoms with van der Waals surface area (Å²) in [4.78, 5) is 39.8. The van der Waals surface area contributed by atoms with Crippen LogP contribution in [0, 0.1) is 17.2 Å². The van der Waals surface area contributed by atoms with Crippen LogP contribution in [0.3, 0.4) is 0 Å². The number of likely N-dealkylation sites (tertiary alicyclic amines) is 1. The van der Waals surface area contributed by atoms with Crippen LogP contribution >= 0.6 is 0 Å². The number of carbonyl (C=O) groups excluding carboxylic acids is 3. The zero-order valence-corrected chi connectivity index (χ0v) is 17.0. The Balaban J connectivity index is 1.77. The van der Waals surface area contributed by atoms with Crippen LogP contribution in [0.4, 0.5) is 4.39 Å². The molecule has 7 heteroatoms. The lowest BCUT2D eigenvalue weighted by molar-refractivity contribution is -0.157. The fraction of sp³-hybridized carbons (Fsp3) is 0.571. The van der Waals surface area contributed by atoms with Crippen molar-refractivity contribution in [3.05, 3.63) is 35.6 Å². The third-order valence-electron chi connectivity index (χ3n) is 4.89. The maximum Gasteiger partial charge on any atom is 0.309 e. The van der Waals surface area contributed by atoms with Crippen molar-refractivity contribution in [2.45, 2.75) is 40.2 Å². The number of rotatable bonds is 5. The lowest BCUT2D eigenvalue weighted by Gasteiger charge is -2.35. The van der Waals surface area contributed by atoms with Crippen molar-refractivity contribution in [2.24, 2.45) is 11.3 Å². The highest BCUT2D eigenvalue weighted by molar-refractivity contribution is 5.83. The molecular weight excluding hydrogens is 363 g/mol. The van der Waals surface area contributed by atoms with Crippen LogP contribution in [0.2, 0.25) is 0 Å². The summed E-state index contributed by atoms with van der Waals surface area (Å²) >= 11 is 0. The lowest BCUT2D eigenvalue weighted by Crippen LogP contribution is -2.45. The van der Waals surface area contributed by atoms with E-state index in [1.807, 2.05) is 20.8 Å². The Hall–Kier alpha value is -2.44. The molecule has 1 aliphatic rings. The minimum atomic E-state index is -0.442. The third kappa shape index (κ3) is 5.78. The molecule has 2 rings (SSSR count). The van der Waals surface area contributed by atoms with Gasteiger partial charge in [-0.3, -0.25) is 14.4 Å². The molecule has 0 atom stereocenters. The van der Waals surface area contributed by atoms with Gasteiger partial charge in [0, 0.05) is 37.7 Å². The average molecular weight is 392 g/mol. The first kappa shape index (κ1) is 21.9. The van der Waals surface area contributed by atoms with E-state index in [1.54, 1.807) is 30.1 Å². The number of esters is 1. The molecule has 0 spiro atoms. The molecule has 1 aliphatic heterocycles. The van der Waals surface area contributed by atoms with Crippen molar-refractivity contribution in [3.63, 3.8) is 0 Å². The molecule has 0 N–H and O–H groups in total. The summed E-state index contributed by atoms with van der Waals surface area (Å²) in [6, 6.07) is 6.23. The molecule has 28 heavy (non-hydrogen) atoms. The summed E-state index contributed by atoms with van der Waals surface area (Å²) in [7, 11) is 1.54. The largest absolute Gasteiger partial charge is 0.455 e. The predicted molar refractivity (Wildman–Crippen MR) is 103 cm³/mol. The van der Waals surface area contributed by atoms with E-state index in [0.717, 1.165) is 0 Å². The maximum absolute atomic E-state index is 13.7. The first-order valence-corrected chi connectivity index (χ1v) is 9.53. The Labute approximate surface area is 165 Å². The van der Waals surface area contributed by atoms with Crippen LogP contribution < -0.4 is 0 Å². The Morgan fingerprint density at radius 1 is 1.18 bits per heavy atom. The fourth-order valence-electron chi connectivity index (χ4n) is 3.12. The SMILES string of the molecule is CN(Cc1ccccc1F)C(=O)COC(=O)C1CCN(C(=O)C(C)(C)C)CC1. The molecule has 1 fully saturated rings. The van der Waals surface area contributed by atoms with E-state index in [2.05, 4.69) is 0 Å². The standard InChI is InChI=1S/C21H29FN2O4/c1-21(2,3)20(27)24-11-9-15(10-12-24)19(26)28-14-18(25)23(4)13-16-7-5-6-8-17(16)22/h5-8,15H,9-14H2,1-4H3. The fourth-order valence-corrected chi connectivity index (χ4v) is 3.12. The summed E-state index contributed by atoms with van der Waals surface area (Å²) in [5.41, 5.74) is -0.0386. The van der Waals surface area contributed by atoms with Crippen molar-refractivity contribution in [1.82, 2.24) is 9.80 Å². The molecule has 0 aliphatic carbocycles. The van der Waals surface area contributed by atoms with E-state index in [0.29, 0.717) is 31.5 Å². The molecule has 2 amide bonds. The second-order valence-electron chi connectivity index (χ2n) is 8.27. The van der Waals surface area contributed by atoms with Crippen LogP contribution in [0.1, 0.15) is 39.2 Å². The second kappa shape index (κ2) is 9.17. The quantitative estimate of drug-likeness (QED) is 0.723. The Bertz CT molecular complexity index is 721. The summed E-state index contributed by atoms with van der Waals surface area (Å²) in [6.07, 6.45) is 1.06. The molecule has 0 aromatic heterocycles. The summed E-state index contributed by atoms with van der Waals surface area (Å²) in [6.45, 7) is 6.38. The first-order valence-electron chi connectivity index (χ1n) is 9.53. The van der Waals surface area contributed by atoms with E-state index in [4.69, 9.17) is 4.74 Å². The molecule has 1 heterocycles. The van der Waals surface area contributed by atoms with Gasteiger partial charge in [0.2, 0.25) is 5.91 Å². The zero-order valence-electron chi connectivity index (χ0n) is 17.0. The van der Waals surface area contributed by atoms with E-state index in [9.17, 15) is 18.8 Å². The number of nitrogens with zero attached hydrogens (tertiary/aromatic N) is 2. The second-order valence-corrected chi connectivity index (χ2v) is 8.27. The minimum Gasteiger partial charge on any atom is -0.455 e. The van der Waals surface area contributed by atoms with Gasteiger partial charge in [-0.25, -0.2) is 4.39 Å². The zero-order chi connectivity index (χ0) is 20.9. The van der Waals surface area contributed by atoms with Gasteiger partial charge < -0.3 is 14.5 Å². The number of benzene rings is 1. The maximum atomic E-state index is 13.7. The smallest absolute Gasteiger partial charge is 0.309 e. The van der Waals surface area contributed by atoms with E-state index >= 15 is 0 Å². The van der Waals surface area contributed by atoms with Gasteiger partial charge in [0.1, 0.15) is 5.82 Å². The topological polar surface area (TPSA) is 66.9 Å². The molecule has 6 nitrogen and oxygen atoms in total. The van der Waals surface area contributed by atoms with Crippen LogP contribution in [-0.4, -0.2) is 54.3 Å². The molecule has 0 bridgehead atoms. The number of amides is 2. The molecule has 0 saturated carbocycles. The van der Waals surface area contributed by atoms with Gasteiger partial charge in [0.15, 0.2) is 6.61 Å².